The number of hydrogen-bond donors (Lipinski definition) is 0. The van der Waals surface area contributed by atoms with E-state index in [1.54, 1.807) is 6.07 Å². The van der Waals surface area contributed by atoms with Gasteiger partial charge in [-0.25, -0.2) is 0 Å². The lowest BCUT2D eigenvalue weighted by molar-refractivity contribution is -0.385. The maximum absolute atomic E-state index is 11.3. The Hall–Kier alpha value is -1.62. The van der Waals surface area contributed by atoms with Gasteiger partial charge in [0.2, 0.25) is 0 Å². The molecule has 0 aromatic heterocycles. The van der Waals surface area contributed by atoms with Gasteiger partial charge in [0.05, 0.1) is 16.2 Å². The normalized spacial score (nSPS) is 29.3. The first-order valence-corrected chi connectivity index (χ1v) is 9.33. The van der Waals surface area contributed by atoms with E-state index in [0.717, 1.165) is 36.1 Å². The Kier molecular flexibility index (Phi) is 3.76. The molecular formula is C18H20N2O2S. The first-order valence-electron chi connectivity index (χ1n) is 8.28. The van der Waals surface area contributed by atoms with Crippen LogP contribution in [0.5, 0.6) is 0 Å². The van der Waals surface area contributed by atoms with Crippen molar-refractivity contribution in [3.05, 3.63) is 51.1 Å². The quantitative estimate of drug-likeness (QED) is 0.458. The zero-order valence-electron chi connectivity index (χ0n) is 13.2. The fourth-order valence-corrected chi connectivity index (χ4v) is 5.53. The molecule has 1 aromatic rings. The Labute approximate surface area is 140 Å². The molecule has 0 bridgehead atoms. The van der Waals surface area contributed by atoms with Crippen molar-refractivity contribution in [1.29, 1.82) is 0 Å². The molecule has 2 aliphatic heterocycles. The number of allylic oxidation sites excluding steroid dienone is 1. The van der Waals surface area contributed by atoms with Crippen molar-refractivity contribution in [3.8, 4) is 0 Å². The number of hydrogen-bond acceptors (Lipinski definition) is 4. The minimum absolute atomic E-state index is 0.238. The van der Waals surface area contributed by atoms with Crippen molar-refractivity contribution in [2.24, 2.45) is 4.99 Å². The zero-order chi connectivity index (χ0) is 16.0. The second-order valence-electron chi connectivity index (χ2n) is 6.59. The maximum atomic E-state index is 11.3. The van der Waals surface area contributed by atoms with Crippen LogP contribution in [0.1, 0.15) is 42.7 Å². The van der Waals surface area contributed by atoms with Crippen molar-refractivity contribution < 1.29 is 4.92 Å². The summed E-state index contributed by atoms with van der Waals surface area (Å²) in [6.45, 7) is 1.81. The van der Waals surface area contributed by atoms with Crippen LogP contribution in [-0.4, -0.2) is 27.7 Å². The molecule has 1 aromatic carbocycles. The number of aliphatic imine (C=N–C) groups is 1. The molecule has 3 atom stereocenters. The fourth-order valence-electron chi connectivity index (χ4n) is 4.07. The van der Waals surface area contributed by atoms with Crippen molar-refractivity contribution in [3.63, 3.8) is 0 Å². The molecule has 0 saturated carbocycles. The van der Waals surface area contributed by atoms with Crippen LogP contribution >= 0.6 is 11.8 Å². The summed E-state index contributed by atoms with van der Waals surface area (Å²) >= 11 is 1.96. The van der Waals surface area contributed by atoms with Crippen molar-refractivity contribution >= 4 is 23.2 Å². The lowest BCUT2D eigenvalue weighted by atomic mass is 9.76. The van der Waals surface area contributed by atoms with Crippen LogP contribution in [0.2, 0.25) is 0 Å². The molecule has 1 fully saturated rings. The molecule has 23 heavy (non-hydrogen) atoms. The van der Waals surface area contributed by atoms with E-state index < -0.39 is 0 Å². The monoisotopic (exact) mass is 328 g/mol. The number of nitro groups is 1. The van der Waals surface area contributed by atoms with E-state index in [0.29, 0.717) is 11.3 Å². The largest absolute Gasteiger partial charge is 0.285 e. The summed E-state index contributed by atoms with van der Waals surface area (Å²) in [6.07, 6.45) is 6.85. The summed E-state index contributed by atoms with van der Waals surface area (Å²) in [5.41, 5.74) is 4.79. The highest BCUT2D eigenvalue weighted by Gasteiger charge is 2.41. The minimum atomic E-state index is -0.259. The Morgan fingerprint density at radius 3 is 3.09 bits per heavy atom. The van der Waals surface area contributed by atoms with E-state index in [-0.39, 0.29) is 16.5 Å². The lowest BCUT2D eigenvalue weighted by Gasteiger charge is -2.37. The number of nitro benzene ring substituents is 1. The number of benzene rings is 1. The topological polar surface area (TPSA) is 55.5 Å². The van der Waals surface area contributed by atoms with Gasteiger partial charge in [-0.1, -0.05) is 18.2 Å². The number of fused-ring (bicyclic) bond motifs is 2. The standard InChI is InChI=1S/C18H20N2O2S/c1-11-6-7-12(10-16(11)20(21)22)17-13-4-2-3-5-14(13)19-15-8-9-23-18(15)17/h4,6-7,10,14,17-18H,2-3,5,8-9H2,1H3. The number of nitrogens with zero attached hydrogens (tertiary/aromatic N) is 2. The van der Waals surface area contributed by atoms with Crippen LogP contribution in [0, 0.1) is 17.0 Å². The van der Waals surface area contributed by atoms with Gasteiger partial charge in [-0.15, -0.1) is 0 Å². The van der Waals surface area contributed by atoms with Gasteiger partial charge >= 0.3 is 0 Å². The summed E-state index contributed by atoms with van der Waals surface area (Å²) in [4.78, 5) is 16.1. The van der Waals surface area contributed by atoms with E-state index in [4.69, 9.17) is 4.99 Å². The molecule has 2 heterocycles. The molecule has 3 aliphatic rings. The third-order valence-corrected chi connectivity index (χ3v) is 6.55. The molecule has 1 saturated heterocycles. The minimum Gasteiger partial charge on any atom is -0.285 e. The van der Waals surface area contributed by atoms with Crippen LogP contribution in [0.15, 0.2) is 34.8 Å². The van der Waals surface area contributed by atoms with Crippen molar-refractivity contribution in [2.45, 2.75) is 49.8 Å². The highest BCUT2D eigenvalue weighted by molar-refractivity contribution is 8.01. The van der Waals surface area contributed by atoms with Crippen LogP contribution in [0.4, 0.5) is 5.69 Å². The molecule has 0 radical (unpaired) electrons. The Balaban J connectivity index is 1.82. The third-order valence-electron chi connectivity index (χ3n) is 5.20. The first kappa shape index (κ1) is 14.9. The fraction of sp³-hybridized carbons (Fsp3) is 0.500. The average molecular weight is 328 g/mol. The highest BCUT2D eigenvalue weighted by Crippen LogP contribution is 2.48. The van der Waals surface area contributed by atoms with E-state index in [1.807, 2.05) is 24.8 Å². The smallest absolute Gasteiger partial charge is 0.272 e. The zero-order valence-corrected chi connectivity index (χ0v) is 14.0. The molecule has 120 valence electrons. The molecule has 0 amide bonds. The van der Waals surface area contributed by atoms with Gasteiger partial charge in [-0.05, 0) is 49.5 Å². The SMILES string of the molecule is Cc1ccc(C2C3=CCCCC3N=C3CCSC32)cc1[N+](=O)[O-]. The van der Waals surface area contributed by atoms with Gasteiger partial charge in [-0.3, -0.25) is 15.1 Å². The van der Waals surface area contributed by atoms with Gasteiger partial charge < -0.3 is 0 Å². The van der Waals surface area contributed by atoms with Crippen LogP contribution in [0.3, 0.4) is 0 Å². The Morgan fingerprint density at radius 1 is 1.39 bits per heavy atom. The summed E-state index contributed by atoms with van der Waals surface area (Å²) in [5, 5.41) is 11.7. The Morgan fingerprint density at radius 2 is 2.26 bits per heavy atom. The van der Waals surface area contributed by atoms with Gasteiger partial charge in [0.15, 0.2) is 0 Å². The van der Waals surface area contributed by atoms with Gasteiger partial charge in [0, 0.05) is 23.3 Å². The van der Waals surface area contributed by atoms with Crippen molar-refractivity contribution in [1.82, 2.24) is 0 Å². The Bertz CT molecular complexity index is 726. The highest BCUT2D eigenvalue weighted by atomic mass is 32.2. The van der Waals surface area contributed by atoms with Gasteiger partial charge in [-0.2, -0.15) is 11.8 Å². The second kappa shape index (κ2) is 5.78. The number of aryl methyl sites for hydroxylation is 1. The predicted octanol–water partition coefficient (Wildman–Crippen LogP) is 4.43. The number of rotatable bonds is 2. The summed E-state index contributed by atoms with van der Waals surface area (Å²) in [6, 6.07) is 6.09. The predicted molar refractivity (Wildman–Crippen MR) is 94.6 cm³/mol. The lowest BCUT2D eigenvalue weighted by Crippen LogP contribution is -2.34. The van der Waals surface area contributed by atoms with Crippen molar-refractivity contribution in [2.75, 3.05) is 5.75 Å². The van der Waals surface area contributed by atoms with E-state index in [2.05, 4.69) is 12.1 Å². The summed E-state index contributed by atoms with van der Waals surface area (Å²) in [5.74, 6) is 1.38. The van der Waals surface area contributed by atoms with Crippen LogP contribution in [0.25, 0.3) is 0 Å². The second-order valence-corrected chi connectivity index (χ2v) is 7.84. The van der Waals surface area contributed by atoms with E-state index in [9.17, 15) is 10.1 Å². The maximum Gasteiger partial charge on any atom is 0.272 e. The average Bonchev–Trinajstić information content (AvgIpc) is 3.01. The third kappa shape index (κ3) is 2.51. The molecule has 0 spiro atoms. The van der Waals surface area contributed by atoms with Crippen LogP contribution < -0.4 is 0 Å². The van der Waals surface area contributed by atoms with E-state index in [1.165, 1.54) is 17.7 Å². The molecule has 4 rings (SSSR count). The number of thioether (sulfide) groups is 1. The summed E-state index contributed by atoms with van der Waals surface area (Å²) in [7, 11) is 0. The molecule has 1 aliphatic carbocycles. The van der Waals surface area contributed by atoms with Crippen LogP contribution in [-0.2, 0) is 0 Å². The summed E-state index contributed by atoms with van der Waals surface area (Å²) < 4.78 is 0. The first-order chi connectivity index (χ1) is 11.1. The molecule has 4 nitrogen and oxygen atoms in total. The van der Waals surface area contributed by atoms with Gasteiger partial charge in [0.1, 0.15) is 0 Å². The molecular weight excluding hydrogens is 308 g/mol. The van der Waals surface area contributed by atoms with E-state index >= 15 is 0 Å². The molecule has 0 N–H and O–H groups in total. The van der Waals surface area contributed by atoms with Gasteiger partial charge in [0.25, 0.3) is 5.69 Å². The molecule has 3 unspecified atom stereocenters. The molecule has 5 heteroatoms.